The molecule has 2 aromatic carbocycles. The van der Waals surface area contributed by atoms with Gasteiger partial charge in [0.2, 0.25) is 0 Å². The Hall–Kier alpha value is -2.09. The molecular formula is C18H21NO. The molecule has 0 bridgehead atoms. The van der Waals surface area contributed by atoms with Gasteiger partial charge in [0.25, 0.3) is 5.91 Å². The van der Waals surface area contributed by atoms with Crippen molar-refractivity contribution in [2.75, 3.05) is 6.54 Å². The molecule has 0 atom stereocenters. The molecule has 2 nitrogen and oxygen atoms in total. The molecule has 0 saturated heterocycles. The van der Waals surface area contributed by atoms with Gasteiger partial charge in [0.15, 0.2) is 0 Å². The van der Waals surface area contributed by atoms with Crippen LogP contribution in [0.2, 0.25) is 0 Å². The molecule has 0 aliphatic carbocycles. The van der Waals surface area contributed by atoms with Crippen LogP contribution in [0.4, 0.5) is 0 Å². The first-order valence-electron chi connectivity index (χ1n) is 7.19. The zero-order chi connectivity index (χ0) is 14.2. The first-order chi connectivity index (χ1) is 9.81. The molecule has 0 aliphatic rings. The van der Waals surface area contributed by atoms with Crippen LogP contribution in [0.15, 0.2) is 60.7 Å². The maximum Gasteiger partial charge on any atom is 0.254 e. The van der Waals surface area contributed by atoms with Crippen LogP contribution in [-0.2, 0) is 6.54 Å². The lowest BCUT2D eigenvalue weighted by atomic mass is 10.1. The Bertz CT molecular complexity index is 522. The standard InChI is InChI=1S/C18H21NO/c1-2-3-14-19(15-16-10-6-4-7-11-16)18(20)17-12-8-5-9-13-17/h4-13H,2-3,14-15H2,1H3. The Labute approximate surface area is 121 Å². The van der Waals surface area contributed by atoms with E-state index >= 15 is 0 Å². The Kier molecular flexibility index (Phi) is 5.36. The van der Waals surface area contributed by atoms with Crippen molar-refractivity contribution in [3.63, 3.8) is 0 Å². The van der Waals surface area contributed by atoms with Crippen molar-refractivity contribution in [3.8, 4) is 0 Å². The van der Waals surface area contributed by atoms with Crippen LogP contribution < -0.4 is 0 Å². The number of carbonyl (C=O) groups is 1. The molecule has 2 aromatic rings. The monoisotopic (exact) mass is 267 g/mol. The highest BCUT2D eigenvalue weighted by molar-refractivity contribution is 5.94. The van der Waals surface area contributed by atoms with Gasteiger partial charge < -0.3 is 4.90 Å². The molecule has 0 fully saturated rings. The summed E-state index contributed by atoms with van der Waals surface area (Å²) in [5.74, 6) is 0.114. The lowest BCUT2D eigenvalue weighted by Gasteiger charge is -2.23. The third-order valence-electron chi connectivity index (χ3n) is 3.31. The molecule has 0 aromatic heterocycles. The van der Waals surface area contributed by atoms with Gasteiger partial charge >= 0.3 is 0 Å². The summed E-state index contributed by atoms with van der Waals surface area (Å²) in [5, 5.41) is 0. The van der Waals surface area contributed by atoms with Gasteiger partial charge in [-0.1, -0.05) is 61.9 Å². The molecule has 0 saturated carbocycles. The van der Waals surface area contributed by atoms with Crippen molar-refractivity contribution in [2.24, 2.45) is 0 Å². The van der Waals surface area contributed by atoms with Gasteiger partial charge in [0.05, 0.1) is 0 Å². The molecule has 0 radical (unpaired) electrons. The minimum atomic E-state index is 0.114. The summed E-state index contributed by atoms with van der Waals surface area (Å²) in [6.45, 7) is 3.63. The van der Waals surface area contributed by atoms with Gasteiger partial charge in [-0.2, -0.15) is 0 Å². The van der Waals surface area contributed by atoms with Gasteiger partial charge in [-0.3, -0.25) is 4.79 Å². The Morgan fingerprint density at radius 3 is 2.15 bits per heavy atom. The van der Waals surface area contributed by atoms with Crippen LogP contribution in [0.1, 0.15) is 35.7 Å². The fourth-order valence-electron chi connectivity index (χ4n) is 2.17. The second-order valence-electron chi connectivity index (χ2n) is 4.93. The van der Waals surface area contributed by atoms with E-state index in [0.29, 0.717) is 6.54 Å². The van der Waals surface area contributed by atoms with Crippen molar-refractivity contribution in [2.45, 2.75) is 26.3 Å². The SMILES string of the molecule is CCCCN(Cc1ccccc1)C(=O)c1ccccc1. The van der Waals surface area contributed by atoms with Crippen LogP contribution in [-0.4, -0.2) is 17.4 Å². The van der Waals surface area contributed by atoms with E-state index in [1.807, 2.05) is 53.4 Å². The van der Waals surface area contributed by atoms with Crippen molar-refractivity contribution >= 4 is 5.91 Å². The van der Waals surface area contributed by atoms with Gasteiger partial charge in [0.1, 0.15) is 0 Å². The first-order valence-corrected chi connectivity index (χ1v) is 7.19. The minimum absolute atomic E-state index is 0.114. The van der Waals surface area contributed by atoms with Crippen LogP contribution in [0.5, 0.6) is 0 Å². The highest BCUT2D eigenvalue weighted by atomic mass is 16.2. The number of amides is 1. The van der Waals surface area contributed by atoms with E-state index in [-0.39, 0.29) is 5.91 Å². The van der Waals surface area contributed by atoms with Gasteiger partial charge in [0, 0.05) is 18.7 Å². The van der Waals surface area contributed by atoms with E-state index in [9.17, 15) is 4.79 Å². The lowest BCUT2D eigenvalue weighted by Crippen LogP contribution is -2.31. The zero-order valence-electron chi connectivity index (χ0n) is 12.0. The summed E-state index contributed by atoms with van der Waals surface area (Å²) >= 11 is 0. The molecular weight excluding hydrogens is 246 g/mol. The Balaban J connectivity index is 2.13. The third-order valence-corrected chi connectivity index (χ3v) is 3.31. The molecule has 20 heavy (non-hydrogen) atoms. The third kappa shape index (κ3) is 3.95. The molecule has 0 spiro atoms. The summed E-state index contributed by atoms with van der Waals surface area (Å²) in [5.41, 5.74) is 1.94. The summed E-state index contributed by atoms with van der Waals surface area (Å²) in [7, 11) is 0. The number of hydrogen-bond acceptors (Lipinski definition) is 1. The molecule has 0 unspecified atom stereocenters. The second-order valence-corrected chi connectivity index (χ2v) is 4.93. The molecule has 0 N–H and O–H groups in total. The van der Waals surface area contributed by atoms with Crippen molar-refractivity contribution < 1.29 is 4.79 Å². The Morgan fingerprint density at radius 1 is 0.950 bits per heavy atom. The van der Waals surface area contributed by atoms with Gasteiger partial charge in [-0.25, -0.2) is 0 Å². The number of hydrogen-bond donors (Lipinski definition) is 0. The van der Waals surface area contributed by atoms with Gasteiger partial charge in [-0.05, 0) is 24.1 Å². The minimum Gasteiger partial charge on any atom is -0.334 e. The lowest BCUT2D eigenvalue weighted by molar-refractivity contribution is 0.0741. The average molecular weight is 267 g/mol. The first kappa shape index (κ1) is 14.3. The molecule has 104 valence electrons. The van der Waals surface area contributed by atoms with Crippen molar-refractivity contribution in [1.29, 1.82) is 0 Å². The fourth-order valence-corrected chi connectivity index (χ4v) is 2.17. The predicted molar refractivity (Wildman–Crippen MR) is 82.5 cm³/mol. The normalized spacial score (nSPS) is 10.2. The topological polar surface area (TPSA) is 20.3 Å². The maximum absolute atomic E-state index is 12.6. The number of benzene rings is 2. The average Bonchev–Trinajstić information content (AvgIpc) is 2.52. The van der Waals surface area contributed by atoms with Gasteiger partial charge in [-0.15, -0.1) is 0 Å². The van der Waals surface area contributed by atoms with Crippen LogP contribution in [0.25, 0.3) is 0 Å². The number of unbranched alkanes of at least 4 members (excludes halogenated alkanes) is 1. The summed E-state index contributed by atoms with van der Waals surface area (Å²) in [6, 6.07) is 19.7. The second kappa shape index (κ2) is 7.49. The summed E-state index contributed by atoms with van der Waals surface area (Å²) < 4.78 is 0. The van der Waals surface area contributed by atoms with Crippen LogP contribution in [0.3, 0.4) is 0 Å². The van der Waals surface area contributed by atoms with Crippen LogP contribution >= 0.6 is 0 Å². The largest absolute Gasteiger partial charge is 0.334 e. The van der Waals surface area contributed by atoms with E-state index < -0.39 is 0 Å². The number of nitrogens with zero attached hydrogens (tertiary/aromatic N) is 1. The molecule has 1 amide bonds. The van der Waals surface area contributed by atoms with E-state index in [0.717, 1.165) is 24.9 Å². The van der Waals surface area contributed by atoms with Crippen molar-refractivity contribution in [3.05, 3.63) is 71.8 Å². The Morgan fingerprint density at radius 2 is 1.55 bits per heavy atom. The van der Waals surface area contributed by atoms with E-state index in [4.69, 9.17) is 0 Å². The quantitative estimate of drug-likeness (QED) is 0.770. The molecule has 2 heteroatoms. The maximum atomic E-state index is 12.6. The summed E-state index contributed by atoms with van der Waals surface area (Å²) in [4.78, 5) is 14.5. The fraction of sp³-hybridized carbons (Fsp3) is 0.278. The van der Waals surface area contributed by atoms with Crippen LogP contribution in [0, 0.1) is 0 Å². The van der Waals surface area contributed by atoms with E-state index in [2.05, 4.69) is 19.1 Å². The van der Waals surface area contributed by atoms with E-state index in [1.54, 1.807) is 0 Å². The molecule has 0 heterocycles. The highest BCUT2D eigenvalue weighted by Crippen LogP contribution is 2.11. The zero-order valence-corrected chi connectivity index (χ0v) is 12.0. The number of carbonyl (C=O) groups excluding carboxylic acids is 1. The molecule has 0 aliphatic heterocycles. The number of rotatable bonds is 6. The highest BCUT2D eigenvalue weighted by Gasteiger charge is 2.15. The smallest absolute Gasteiger partial charge is 0.254 e. The molecule has 2 rings (SSSR count). The predicted octanol–water partition coefficient (Wildman–Crippen LogP) is 4.13. The van der Waals surface area contributed by atoms with Crippen molar-refractivity contribution in [1.82, 2.24) is 4.90 Å². The van der Waals surface area contributed by atoms with E-state index in [1.165, 1.54) is 5.56 Å². The summed E-state index contributed by atoms with van der Waals surface area (Å²) in [6.07, 6.45) is 2.12.